The lowest BCUT2D eigenvalue weighted by atomic mass is 9.77. The molecule has 3 N–H and O–H groups in total. The molecule has 86 valence electrons. The molecule has 16 heavy (non-hydrogen) atoms. The summed E-state index contributed by atoms with van der Waals surface area (Å²) in [5.74, 6) is 0.316. The number of nitrogens with one attached hydrogen (secondary N) is 2. The lowest BCUT2D eigenvalue weighted by Crippen LogP contribution is -2.39. The molecule has 2 fully saturated rings. The summed E-state index contributed by atoms with van der Waals surface area (Å²) >= 11 is 0. The van der Waals surface area contributed by atoms with Gasteiger partial charge in [0, 0.05) is 12.0 Å². The minimum Gasteiger partial charge on any atom is -0.393 e. The molecule has 3 nitrogen and oxygen atoms in total. The van der Waals surface area contributed by atoms with Gasteiger partial charge in [-0.25, -0.2) is 5.43 Å². The van der Waals surface area contributed by atoms with Crippen molar-refractivity contribution in [2.75, 3.05) is 0 Å². The van der Waals surface area contributed by atoms with Crippen molar-refractivity contribution in [3.63, 3.8) is 0 Å². The van der Waals surface area contributed by atoms with E-state index >= 15 is 0 Å². The zero-order chi connectivity index (χ0) is 11.0. The highest BCUT2D eigenvalue weighted by Crippen LogP contribution is 2.37. The van der Waals surface area contributed by atoms with Gasteiger partial charge in [0.25, 0.3) is 0 Å². The van der Waals surface area contributed by atoms with E-state index in [1.807, 2.05) is 6.07 Å². The average Bonchev–Trinajstić information content (AvgIpc) is 2.75. The summed E-state index contributed by atoms with van der Waals surface area (Å²) < 4.78 is 0. The van der Waals surface area contributed by atoms with Crippen LogP contribution < -0.4 is 10.9 Å². The molecule has 1 saturated heterocycles. The van der Waals surface area contributed by atoms with Crippen LogP contribution in [0, 0.1) is 5.92 Å². The van der Waals surface area contributed by atoms with E-state index in [-0.39, 0.29) is 12.1 Å². The van der Waals surface area contributed by atoms with Crippen LogP contribution in [0.2, 0.25) is 0 Å². The van der Waals surface area contributed by atoms with Crippen LogP contribution in [-0.2, 0) is 0 Å². The third-order valence-corrected chi connectivity index (χ3v) is 3.89. The maximum Gasteiger partial charge on any atom is 0.0602 e. The monoisotopic (exact) mass is 218 g/mol. The fraction of sp³-hybridized carbons (Fsp3) is 0.538. The van der Waals surface area contributed by atoms with Gasteiger partial charge in [-0.15, -0.1) is 0 Å². The van der Waals surface area contributed by atoms with Crippen LogP contribution in [-0.4, -0.2) is 17.3 Å². The second kappa shape index (κ2) is 4.17. The molecule has 0 bridgehead atoms. The fourth-order valence-electron chi connectivity index (χ4n) is 3.08. The van der Waals surface area contributed by atoms with Gasteiger partial charge in [0.1, 0.15) is 0 Å². The quantitative estimate of drug-likeness (QED) is 0.667. The molecule has 1 heterocycles. The first kappa shape index (κ1) is 10.3. The number of rotatable bonds is 1. The van der Waals surface area contributed by atoms with Crippen molar-refractivity contribution < 1.29 is 5.11 Å². The first-order valence-electron chi connectivity index (χ1n) is 6.10. The van der Waals surface area contributed by atoms with E-state index in [2.05, 4.69) is 35.1 Å². The summed E-state index contributed by atoms with van der Waals surface area (Å²) in [6, 6.07) is 11.1. The zero-order valence-electron chi connectivity index (χ0n) is 9.26. The molecular formula is C13H18N2O. The molecule has 1 aliphatic heterocycles. The lowest BCUT2D eigenvalue weighted by Gasteiger charge is -2.32. The molecule has 0 radical (unpaired) electrons. The molecule has 1 aromatic carbocycles. The summed E-state index contributed by atoms with van der Waals surface area (Å²) in [5.41, 5.74) is 7.93. The van der Waals surface area contributed by atoms with E-state index < -0.39 is 0 Å². The predicted molar refractivity (Wildman–Crippen MR) is 62.6 cm³/mol. The standard InChI is InChI=1S/C13H18N2O/c16-11-8-4-7-10-12(11)13(15-14-10)9-5-2-1-3-6-9/h1-3,5-6,10-16H,4,7-8H2. The molecule has 1 saturated carbocycles. The summed E-state index contributed by atoms with van der Waals surface area (Å²) in [7, 11) is 0. The molecule has 0 amide bonds. The second-order valence-corrected chi connectivity index (χ2v) is 4.86. The molecular weight excluding hydrogens is 200 g/mol. The third-order valence-electron chi connectivity index (χ3n) is 3.89. The van der Waals surface area contributed by atoms with Crippen molar-refractivity contribution in [2.45, 2.75) is 37.5 Å². The number of aliphatic hydroxyl groups is 1. The topological polar surface area (TPSA) is 44.3 Å². The number of fused-ring (bicyclic) bond motifs is 1. The Hall–Kier alpha value is -0.900. The largest absolute Gasteiger partial charge is 0.393 e. The molecule has 3 heteroatoms. The molecule has 1 aliphatic carbocycles. The summed E-state index contributed by atoms with van der Waals surface area (Å²) in [4.78, 5) is 0. The fourth-order valence-corrected chi connectivity index (χ4v) is 3.08. The number of benzene rings is 1. The van der Waals surface area contributed by atoms with Gasteiger partial charge in [0.15, 0.2) is 0 Å². The predicted octanol–water partition coefficient (Wildman–Crippen LogP) is 1.37. The Bertz CT molecular complexity index is 354. The van der Waals surface area contributed by atoms with Crippen LogP contribution >= 0.6 is 0 Å². The lowest BCUT2D eigenvalue weighted by molar-refractivity contribution is 0.0566. The van der Waals surface area contributed by atoms with Crippen molar-refractivity contribution in [1.29, 1.82) is 0 Å². The first-order valence-corrected chi connectivity index (χ1v) is 6.10. The van der Waals surface area contributed by atoms with E-state index in [4.69, 9.17) is 0 Å². The molecule has 4 unspecified atom stereocenters. The van der Waals surface area contributed by atoms with Gasteiger partial charge in [-0.3, -0.25) is 5.43 Å². The van der Waals surface area contributed by atoms with Gasteiger partial charge in [-0.2, -0.15) is 0 Å². The van der Waals surface area contributed by atoms with Crippen molar-refractivity contribution in [1.82, 2.24) is 10.9 Å². The second-order valence-electron chi connectivity index (χ2n) is 4.86. The molecule has 0 spiro atoms. The zero-order valence-corrected chi connectivity index (χ0v) is 9.26. The van der Waals surface area contributed by atoms with Crippen molar-refractivity contribution >= 4 is 0 Å². The third kappa shape index (κ3) is 1.65. The van der Waals surface area contributed by atoms with Gasteiger partial charge >= 0.3 is 0 Å². The van der Waals surface area contributed by atoms with E-state index in [1.54, 1.807) is 0 Å². The van der Waals surface area contributed by atoms with Gasteiger partial charge in [0.05, 0.1) is 12.1 Å². The SMILES string of the molecule is OC1CCCC2NNC(c3ccccc3)C12. The smallest absolute Gasteiger partial charge is 0.0602 e. The van der Waals surface area contributed by atoms with Crippen molar-refractivity contribution in [2.24, 2.45) is 5.92 Å². The van der Waals surface area contributed by atoms with Gasteiger partial charge in [0.2, 0.25) is 0 Å². The maximum absolute atomic E-state index is 10.1. The summed E-state index contributed by atoms with van der Waals surface area (Å²) in [5, 5.41) is 10.1. The number of aliphatic hydroxyl groups excluding tert-OH is 1. The Labute approximate surface area is 95.8 Å². The average molecular weight is 218 g/mol. The normalized spacial score (nSPS) is 38.3. The first-order chi connectivity index (χ1) is 7.86. The maximum atomic E-state index is 10.1. The highest BCUT2D eigenvalue weighted by Gasteiger charge is 2.42. The minimum absolute atomic E-state index is 0.175. The number of hydrogen-bond donors (Lipinski definition) is 3. The Balaban J connectivity index is 1.86. The Morgan fingerprint density at radius 2 is 1.88 bits per heavy atom. The van der Waals surface area contributed by atoms with Crippen LogP contribution in [0.3, 0.4) is 0 Å². The molecule has 2 aliphatic rings. The Morgan fingerprint density at radius 1 is 1.06 bits per heavy atom. The van der Waals surface area contributed by atoms with Crippen molar-refractivity contribution in [3.8, 4) is 0 Å². The van der Waals surface area contributed by atoms with Gasteiger partial charge < -0.3 is 5.11 Å². The molecule has 4 atom stereocenters. The summed E-state index contributed by atoms with van der Waals surface area (Å²) in [6.45, 7) is 0. The van der Waals surface area contributed by atoms with Gasteiger partial charge in [-0.1, -0.05) is 30.3 Å². The van der Waals surface area contributed by atoms with Crippen LogP contribution in [0.25, 0.3) is 0 Å². The minimum atomic E-state index is -0.175. The highest BCUT2D eigenvalue weighted by molar-refractivity contribution is 5.22. The Morgan fingerprint density at radius 3 is 2.69 bits per heavy atom. The number of hydrazine groups is 1. The van der Waals surface area contributed by atoms with E-state index in [9.17, 15) is 5.11 Å². The van der Waals surface area contributed by atoms with E-state index in [1.165, 1.54) is 5.56 Å². The molecule has 3 rings (SSSR count). The van der Waals surface area contributed by atoms with Crippen molar-refractivity contribution in [3.05, 3.63) is 35.9 Å². The Kier molecular flexibility index (Phi) is 2.67. The van der Waals surface area contributed by atoms with Crippen LogP contribution in [0.15, 0.2) is 30.3 Å². The van der Waals surface area contributed by atoms with Crippen LogP contribution in [0.4, 0.5) is 0 Å². The van der Waals surface area contributed by atoms with E-state index in [0.29, 0.717) is 12.0 Å². The van der Waals surface area contributed by atoms with Gasteiger partial charge in [-0.05, 0) is 24.8 Å². The van der Waals surface area contributed by atoms with Crippen LogP contribution in [0.5, 0.6) is 0 Å². The van der Waals surface area contributed by atoms with Crippen LogP contribution in [0.1, 0.15) is 30.9 Å². The number of hydrogen-bond acceptors (Lipinski definition) is 3. The molecule has 0 aromatic heterocycles. The summed E-state index contributed by atoms with van der Waals surface area (Å²) in [6.07, 6.45) is 3.05. The van der Waals surface area contributed by atoms with E-state index in [0.717, 1.165) is 19.3 Å². The highest BCUT2D eigenvalue weighted by atomic mass is 16.3. The molecule has 1 aromatic rings.